The smallest absolute Gasteiger partial charge is 0.305 e. The van der Waals surface area contributed by atoms with Crippen LogP contribution in [0.4, 0.5) is 0 Å². The van der Waals surface area contributed by atoms with Crippen molar-refractivity contribution in [1.82, 2.24) is 14.9 Å². The van der Waals surface area contributed by atoms with Crippen LogP contribution < -0.4 is 10.9 Å². The lowest BCUT2D eigenvalue weighted by Gasteiger charge is -2.25. The molecule has 190 valence electrons. The molecule has 2 aromatic heterocycles. The molecule has 0 unspecified atom stereocenters. The van der Waals surface area contributed by atoms with Gasteiger partial charge in [-0.25, -0.2) is 0 Å². The summed E-state index contributed by atoms with van der Waals surface area (Å²) in [6, 6.07) is 7.87. The van der Waals surface area contributed by atoms with Crippen molar-refractivity contribution in [2.45, 2.75) is 66.5 Å². The molecule has 0 fully saturated rings. The van der Waals surface area contributed by atoms with Gasteiger partial charge in [-0.05, 0) is 79.5 Å². The first kappa shape index (κ1) is 26.9. The second-order valence-corrected chi connectivity index (χ2v) is 9.96. The van der Waals surface area contributed by atoms with Crippen LogP contribution in [0.5, 0.6) is 0 Å². The first-order valence-electron chi connectivity index (χ1n) is 12.2. The van der Waals surface area contributed by atoms with Crippen LogP contribution in [-0.4, -0.2) is 26.5 Å². The lowest BCUT2D eigenvalue weighted by molar-refractivity contribution is -0.138. The normalized spacial score (nSPS) is 12.9. The summed E-state index contributed by atoms with van der Waals surface area (Å²) in [7, 11) is 0. The van der Waals surface area contributed by atoms with Crippen LogP contribution in [0.25, 0.3) is 11.1 Å². The number of carbonyl (C=O) groups is 2. The van der Waals surface area contributed by atoms with Crippen LogP contribution in [-0.2, 0) is 9.59 Å². The highest BCUT2D eigenvalue weighted by atomic mass is 16.4. The molecule has 0 radical (unpaired) electrons. The second-order valence-electron chi connectivity index (χ2n) is 9.96. The van der Waals surface area contributed by atoms with Crippen molar-refractivity contribution in [3.05, 3.63) is 87.1 Å². The van der Waals surface area contributed by atoms with Crippen molar-refractivity contribution in [3.8, 4) is 11.1 Å². The highest BCUT2D eigenvalue weighted by molar-refractivity contribution is 5.82. The maximum Gasteiger partial charge on any atom is 0.305 e. The molecule has 0 spiro atoms. The number of carboxylic acid groups (broad SMARTS) is 1. The molecule has 0 aliphatic carbocycles. The molecule has 2 N–H and O–H groups in total. The van der Waals surface area contributed by atoms with Gasteiger partial charge in [0.1, 0.15) is 6.04 Å². The zero-order chi connectivity index (χ0) is 26.6. The van der Waals surface area contributed by atoms with Gasteiger partial charge in [0.05, 0.1) is 12.5 Å². The lowest BCUT2D eigenvalue weighted by atomic mass is 9.94. The van der Waals surface area contributed by atoms with E-state index in [1.54, 1.807) is 18.6 Å². The van der Waals surface area contributed by atoms with E-state index >= 15 is 0 Å². The van der Waals surface area contributed by atoms with Gasteiger partial charge in [-0.2, -0.15) is 0 Å². The highest BCUT2D eigenvalue weighted by Gasteiger charge is 2.27. The summed E-state index contributed by atoms with van der Waals surface area (Å²) in [5, 5.41) is 12.5. The Bertz CT molecular complexity index is 1310. The Kier molecular flexibility index (Phi) is 8.45. The summed E-state index contributed by atoms with van der Waals surface area (Å²) in [5.41, 5.74) is 6.16. The summed E-state index contributed by atoms with van der Waals surface area (Å²) in [6.07, 6.45) is 5.17. The molecule has 3 rings (SSSR count). The Morgan fingerprint density at radius 1 is 1.00 bits per heavy atom. The summed E-state index contributed by atoms with van der Waals surface area (Å²) >= 11 is 0. The third-order valence-electron chi connectivity index (χ3n) is 6.51. The van der Waals surface area contributed by atoms with Crippen LogP contribution in [0.1, 0.15) is 66.6 Å². The molecular formula is C29H35N3O4. The molecule has 3 aromatic rings. The number of pyridine rings is 2. The summed E-state index contributed by atoms with van der Waals surface area (Å²) in [4.78, 5) is 42.5. The number of hydrogen-bond donors (Lipinski definition) is 2. The number of amides is 1. The Morgan fingerprint density at radius 3 is 2.28 bits per heavy atom. The predicted octanol–water partition coefficient (Wildman–Crippen LogP) is 5.06. The molecule has 2 atom stereocenters. The van der Waals surface area contributed by atoms with Crippen molar-refractivity contribution in [1.29, 1.82) is 0 Å². The van der Waals surface area contributed by atoms with Crippen molar-refractivity contribution >= 4 is 11.9 Å². The van der Waals surface area contributed by atoms with Crippen LogP contribution in [0.2, 0.25) is 0 Å². The standard InChI is InChI=1S/C29H35N3O4/c1-17(2)10-25(32-16-21(6)20(5)11-26(32)33)29(36)31-24(13-27(34)35)22-12-23(15-30-14-22)28-18(3)8-7-9-19(28)4/h7-9,11-12,14-17,24-25H,10,13H2,1-6H3,(H,31,36)(H,34,35)/t24-,25-/m0/s1. The van der Waals surface area contributed by atoms with E-state index in [0.717, 1.165) is 33.4 Å². The van der Waals surface area contributed by atoms with Crippen LogP contribution in [0.15, 0.2) is 53.7 Å². The Balaban J connectivity index is 2.00. The molecule has 0 saturated heterocycles. The SMILES string of the molecule is Cc1cc(=O)n([C@@H](CC(C)C)C(=O)N[C@@H](CC(=O)O)c2cncc(-c3c(C)cccc3C)c2)cc1C. The summed E-state index contributed by atoms with van der Waals surface area (Å²) in [5.74, 6) is -1.29. The fourth-order valence-electron chi connectivity index (χ4n) is 4.53. The van der Waals surface area contributed by atoms with Gasteiger partial charge in [0.2, 0.25) is 5.91 Å². The number of nitrogens with one attached hydrogen (secondary N) is 1. The summed E-state index contributed by atoms with van der Waals surface area (Å²) in [6.45, 7) is 11.8. The van der Waals surface area contributed by atoms with E-state index in [2.05, 4.69) is 10.3 Å². The monoisotopic (exact) mass is 489 g/mol. The maximum atomic E-state index is 13.6. The number of carboxylic acids is 1. The quantitative estimate of drug-likeness (QED) is 0.437. The Morgan fingerprint density at radius 2 is 1.67 bits per heavy atom. The number of aliphatic carboxylic acids is 1. The largest absolute Gasteiger partial charge is 0.481 e. The third kappa shape index (κ3) is 6.27. The van der Waals surface area contributed by atoms with Gasteiger partial charge in [-0.1, -0.05) is 32.0 Å². The van der Waals surface area contributed by atoms with Gasteiger partial charge in [0.25, 0.3) is 5.56 Å². The van der Waals surface area contributed by atoms with Crippen molar-refractivity contribution in [2.24, 2.45) is 5.92 Å². The van der Waals surface area contributed by atoms with Crippen molar-refractivity contribution in [3.63, 3.8) is 0 Å². The second kappa shape index (κ2) is 11.3. The molecule has 7 nitrogen and oxygen atoms in total. The number of nitrogens with zero attached hydrogens (tertiary/aromatic N) is 2. The van der Waals surface area contributed by atoms with E-state index in [1.807, 2.05) is 65.8 Å². The average Bonchev–Trinajstić information content (AvgIpc) is 2.79. The van der Waals surface area contributed by atoms with Gasteiger partial charge in [0, 0.05) is 30.2 Å². The molecule has 1 amide bonds. The molecule has 0 aliphatic rings. The van der Waals surface area contributed by atoms with Crippen LogP contribution in [0, 0.1) is 33.6 Å². The van der Waals surface area contributed by atoms with Crippen LogP contribution >= 0.6 is 0 Å². The van der Waals surface area contributed by atoms with Gasteiger partial charge >= 0.3 is 5.97 Å². The average molecular weight is 490 g/mol. The van der Waals surface area contributed by atoms with Gasteiger partial charge < -0.3 is 15.0 Å². The fourth-order valence-corrected chi connectivity index (χ4v) is 4.53. The van der Waals surface area contributed by atoms with Crippen molar-refractivity contribution < 1.29 is 14.7 Å². The van der Waals surface area contributed by atoms with E-state index in [4.69, 9.17) is 0 Å². The van der Waals surface area contributed by atoms with E-state index in [-0.39, 0.29) is 17.9 Å². The zero-order valence-electron chi connectivity index (χ0n) is 21.8. The molecular weight excluding hydrogens is 454 g/mol. The summed E-state index contributed by atoms with van der Waals surface area (Å²) < 4.78 is 1.46. The van der Waals surface area contributed by atoms with E-state index in [0.29, 0.717) is 12.0 Å². The third-order valence-corrected chi connectivity index (χ3v) is 6.51. The number of aromatic nitrogens is 2. The first-order chi connectivity index (χ1) is 17.0. The van der Waals surface area contributed by atoms with Crippen molar-refractivity contribution in [2.75, 3.05) is 0 Å². The molecule has 0 bridgehead atoms. The van der Waals surface area contributed by atoms with E-state index in [9.17, 15) is 19.5 Å². The molecule has 1 aromatic carbocycles. The molecule has 36 heavy (non-hydrogen) atoms. The molecule has 2 heterocycles. The predicted molar refractivity (Wildman–Crippen MR) is 141 cm³/mol. The Hall–Kier alpha value is -3.74. The number of aryl methyl sites for hydroxylation is 4. The number of rotatable bonds is 9. The lowest BCUT2D eigenvalue weighted by Crippen LogP contribution is -2.40. The first-order valence-corrected chi connectivity index (χ1v) is 12.2. The maximum absolute atomic E-state index is 13.6. The number of carbonyl (C=O) groups excluding carboxylic acids is 1. The molecule has 0 saturated carbocycles. The number of benzene rings is 1. The van der Waals surface area contributed by atoms with Gasteiger partial charge in [-0.15, -0.1) is 0 Å². The van der Waals surface area contributed by atoms with Crippen LogP contribution in [0.3, 0.4) is 0 Å². The minimum atomic E-state index is -1.04. The fraction of sp³-hybridized carbons (Fsp3) is 0.379. The van der Waals surface area contributed by atoms with E-state index in [1.165, 1.54) is 10.6 Å². The van der Waals surface area contributed by atoms with Gasteiger partial charge in [0.15, 0.2) is 0 Å². The van der Waals surface area contributed by atoms with E-state index < -0.39 is 24.0 Å². The number of hydrogen-bond acceptors (Lipinski definition) is 4. The minimum Gasteiger partial charge on any atom is -0.481 e. The highest BCUT2D eigenvalue weighted by Crippen LogP contribution is 2.29. The minimum absolute atomic E-state index is 0.140. The Labute approximate surface area is 212 Å². The van der Waals surface area contributed by atoms with Gasteiger partial charge in [-0.3, -0.25) is 19.4 Å². The topological polar surface area (TPSA) is 101 Å². The molecule has 0 aliphatic heterocycles. The molecule has 7 heteroatoms. The zero-order valence-corrected chi connectivity index (χ0v) is 21.8.